The van der Waals surface area contributed by atoms with Crippen LogP contribution in [0.1, 0.15) is 38.2 Å². The molecule has 2 aromatic carbocycles. The van der Waals surface area contributed by atoms with E-state index in [2.05, 4.69) is 10.8 Å². The zero-order chi connectivity index (χ0) is 31.2. The van der Waals surface area contributed by atoms with Gasteiger partial charge in [0.05, 0.1) is 6.61 Å². The van der Waals surface area contributed by atoms with Gasteiger partial charge in [-0.05, 0) is 55.3 Å². The van der Waals surface area contributed by atoms with Crippen LogP contribution in [0.25, 0.3) is 21.9 Å². The number of benzene rings is 2. The fourth-order valence-electron chi connectivity index (χ4n) is 4.81. The number of hydrogen-bond donors (Lipinski definition) is 2. The standard InChI is InChI=1S/C30H37F2N3O7S/c1-30(43(3,38)39,29(37)34-42-25-6-4-5-16-41-25)12-15-35-14-11-21-18-20(7-10-24(21)28(35)36)23-9-8-22(26(31)27(23)32)19-33-13-17-40-2/h7-11,14,18,25,33H,4-6,12-13,15-17,19H2,1-3H3,(H,34,37). The highest BCUT2D eigenvalue weighted by molar-refractivity contribution is 7.92. The first-order valence-corrected chi connectivity index (χ1v) is 15.9. The summed E-state index contributed by atoms with van der Waals surface area (Å²) < 4.78 is 64.9. The Morgan fingerprint density at radius 2 is 1.95 bits per heavy atom. The van der Waals surface area contributed by atoms with Crippen molar-refractivity contribution in [3.05, 3.63) is 70.1 Å². The van der Waals surface area contributed by atoms with Gasteiger partial charge >= 0.3 is 0 Å². The number of amides is 1. The number of hydrogen-bond acceptors (Lipinski definition) is 8. The number of halogens is 2. The Morgan fingerprint density at radius 1 is 1.16 bits per heavy atom. The van der Waals surface area contributed by atoms with Crippen LogP contribution >= 0.6 is 0 Å². The SMILES string of the molecule is COCCNCc1ccc(-c2ccc3c(=O)n(CCC(C)(C(=O)NOC4CCCCO4)S(C)(=O)=O)ccc3c2)c(F)c1F. The number of methoxy groups -OCH3 is 1. The highest BCUT2D eigenvalue weighted by Crippen LogP contribution is 2.29. The summed E-state index contributed by atoms with van der Waals surface area (Å²) in [5.41, 5.74) is 2.44. The molecule has 2 unspecified atom stereocenters. The summed E-state index contributed by atoms with van der Waals surface area (Å²) in [6, 6.07) is 9.27. The molecular formula is C30H37F2N3O7S. The first-order chi connectivity index (χ1) is 20.5. The van der Waals surface area contributed by atoms with Crippen molar-refractivity contribution in [2.75, 3.05) is 33.1 Å². The number of nitrogens with zero attached hydrogens (tertiary/aromatic N) is 1. The maximum atomic E-state index is 15.0. The first kappa shape index (κ1) is 32.7. The quantitative estimate of drug-likeness (QED) is 0.220. The molecule has 0 saturated carbocycles. The third-order valence-corrected chi connectivity index (χ3v) is 9.82. The number of fused-ring (bicyclic) bond motifs is 1. The van der Waals surface area contributed by atoms with E-state index in [9.17, 15) is 22.4 Å². The predicted molar refractivity (Wildman–Crippen MR) is 158 cm³/mol. The van der Waals surface area contributed by atoms with Gasteiger partial charge in [0.1, 0.15) is 0 Å². The molecule has 0 aliphatic carbocycles. The molecular weight excluding hydrogens is 584 g/mol. The number of aromatic nitrogens is 1. The molecule has 1 fully saturated rings. The highest BCUT2D eigenvalue weighted by Gasteiger charge is 2.44. The molecule has 1 aliphatic heterocycles. The van der Waals surface area contributed by atoms with Crippen LogP contribution < -0.4 is 16.4 Å². The smallest absolute Gasteiger partial charge is 0.264 e. The Morgan fingerprint density at radius 3 is 2.65 bits per heavy atom. The Balaban J connectivity index is 1.51. The van der Waals surface area contributed by atoms with Crippen LogP contribution in [0.5, 0.6) is 0 Å². The molecule has 3 aromatic rings. The van der Waals surface area contributed by atoms with E-state index < -0.39 is 44.0 Å². The van der Waals surface area contributed by atoms with Crippen LogP contribution in [-0.2, 0) is 42.0 Å². The minimum atomic E-state index is -3.92. The molecule has 4 rings (SSSR count). The normalized spacial score (nSPS) is 17.1. The van der Waals surface area contributed by atoms with Crippen LogP contribution in [0.15, 0.2) is 47.4 Å². The Bertz CT molecular complexity index is 1620. The van der Waals surface area contributed by atoms with Gasteiger partial charge in [-0.25, -0.2) is 27.5 Å². The van der Waals surface area contributed by atoms with Crippen LogP contribution in [0, 0.1) is 11.6 Å². The predicted octanol–water partition coefficient (Wildman–Crippen LogP) is 3.45. The maximum absolute atomic E-state index is 15.0. The van der Waals surface area contributed by atoms with Gasteiger partial charge in [-0.3, -0.25) is 9.59 Å². The monoisotopic (exact) mass is 621 g/mol. The number of carbonyl (C=O) groups excluding carboxylic acids is 1. The van der Waals surface area contributed by atoms with E-state index in [0.29, 0.717) is 42.5 Å². The second kappa shape index (κ2) is 14.0. The van der Waals surface area contributed by atoms with Crippen molar-refractivity contribution >= 4 is 26.5 Å². The second-order valence-electron chi connectivity index (χ2n) is 10.8. The van der Waals surface area contributed by atoms with E-state index in [1.54, 1.807) is 19.2 Å². The Labute approximate surface area is 249 Å². The number of aryl methyl sites for hydroxylation is 1. The van der Waals surface area contributed by atoms with Gasteiger partial charge in [0.2, 0.25) is 0 Å². The van der Waals surface area contributed by atoms with Gasteiger partial charge in [0, 0.05) is 68.7 Å². The largest absolute Gasteiger partial charge is 0.383 e. The van der Waals surface area contributed by atoms with Gasteiger partial charge in [0.15, 0.2) is 32.5 Å². The van der Waals surface area contributed by atoms with E-state index in [0.717, 1.165) is 19.1 Å². The van der Waals surface area contributed by atoms with Gasteiger partial charge in [-0.1, -0.05) is 18.2 Å². The average Bonchev–Trinajstić information content (AvgIpc) is 2.99. The summed E-state index contributed by atoms with van der Waals surface area (Å²) in [5, 5.41) is 3.78. The summed E-state index contributed by atoms with van der Waals surface area (Å²) in [6.45, 7) is 2.78. The van der Waals surface area contributed by atoms with E-state index in [4.69, 9.17) is 14.3 Å². The van der Waals surface area contributed by atoms with Crippen molar-refractivity contribution in [3.63, 3.8) is 0 Å². The van der Waals surface area contributed by atoms with E-state index in [1.807, 2.05) is 0 Å². The van der Waals surface area contributed by atoms with Crippen LogP contribution in [0.2, 0.25) is 0 Å². The molecule has 13 heteroatoms. The second-order valence-corrected chi connectivity index (χ2v) is 13.2. The van der Waals surface area contributed by atoms with Crippen LogP contribution in [0.3, 0.4) is 0 Å². The van der Waals surface area contributed by atoms with E-state index in [1.165, 1.54) is 42.0 Å². The molecule has 2 heterocycles. The van der Waals surface area contributed by atoms with Gasteiger partial charge in [0.25, 0.3) is 11.5 Å². The Hall–Kier alpha value is -3.23. The summed E-state index contributed by atoms with van der Waals surface area (Å²) in [7, 11) is -2.37. The number of nitrogens with one attached hydrogen (secondary N) is 2. The highest BCUT2D eigenvalue weighted by atomic mass is 32.2. The van der Waals surface area contributed by atoms with Gasteiger partial charge < -0.3 is 19.4 Å². The molecule has 1 aromatic heterocycles. The Kier molecular flexibility index (Phi) is 10.7. The van der Waals surface area contributed by atoms with Crippen molar-refractivity contribution in [2.24, 2.45) is 0 Å². The molecule has 1 aliphatic rings. The molecule has 1 amide bonds. The minimum Gasteiger partial charge on any atom is -0.383 e. The first-order valence-electron chi connectivity index (χ1n) is 14.0. The number of hydroxylamine groups is 1. The number of rotatable bonds is 13. The van der Waals surface area contributed by atoms with Gasteiger partial charge in [-0.2, -0.15) is 0 Å². The number of pyridine rings is 1. The van der Waals surface area contributed by atoms with Crippen molar-refractivity contribution < 1.29 is 36.3 Å². The molecule has 2 N–H and O–H groups in total. The number of carbonyl (C=O) groups is 1. The van der Waals surface area contributed by atoms with E-state index >= 15 is 4.39 Å². The summed E-state index contributed by atoms with van der Waals surface area (Å²) >= 11 is 0. The molecule has 0 bridgehead atoms. The molecule has 43 heavy (non-hydrogen) atoms. The molecule has 2 atom stereocenters. The lowest BCUT2D eigenvalue weighted by molar-refractivity contribution is -0.201. The lowest BCUT2D eigenvalue weighted by Gasteiger charge is -2.28. The lowest BCUT2D eigenvalue weighted by Crippen LogP contribution is -2.51. The van der Waals surface area contributed by atoms with Crippen molar-refractivity contribution in [2.45, 2.75) is 56.7 Å². The fourth-order valence-corrected chi connectivity index (χ4v) is 5.65. The molecule has 234 valence electrons. The lowest BCUT2D eigenvalue weighted by atomic mass is 9.99. The topological polar surface area (TPSA) is 125 Å². The third kappa shape index (κ3) is 7.47. The van der Waals surface area contributed by atoms with Crippen LogP contribution in [-0.4, -0.2) is 63.1 Å². The summed E-state index contributed by atoms with van der Waals surface area (Å²) in [6.07, 6.45) is 3.90. The molecule has 1 saturated heterocycles. The van der Waals surface area contributed by atoms with Crippen molar-refractivity contribution in [3.8, 4) is 11.1 Å². The molecule has 10 nitrogen and oxygen atoms in total. The zero-order valence-corrected chi connectivity index (χ0v) is 25.3. The van der Waals surface area contributed by atoms with Crippen molar-refractivity contribution in [1.82, 2.24) is 15.4 Å². The molecule has 0 radical (unpaired) electrons. The zero-order valence-electron chi connectivity index (χ0n) is 24.5. The average molecular weight is 622 g/mol. The molecule has 0 spiro atoms. The maximum Gasteiger partial charge on any atom is 0.264 e. The summed E-state index contributed by atoms with van der Waals surface area (Å²) in [4.78, 5) is 31.6. The van der Waals surface area contributed by atoms with E-state index in [-0.39, 0.29) is 30.6 Å². The minimum absolute atomic E-state index is 0.0556. The third-order valence-electron chi connectivity index (χ3n) is 7.80. The number of sulfone groups is 1. The fraction of sp³-hybridized carbons (Fsp3) is 0.467. The van der Waals surface area contributed by atoms with Crippen LogP contribution in [0.4, 0.5) is 8.78 Å². The number of ether oxygens (including phenoxy) is 2. The summed E-state index contributed by atoms with van der Waals surface area (Å²) in [5.74, 6) is -2.79. The van der Waals surface area contributed by atoms with Crippen molar-refractivity contribution in [1.29, 1.82) is 0 Å². The van der Waals surface area contributed by atoms with Gasteiger partial charge in [-0.15, -0.1) is 0 Å².